The number of likely N-dealkylation sites (N-methyl/N-ethyl adjacent to an activating group) is 2. The molecule has 0 bridgehead atoms. The number of halogens is 2. The van der Waals surface area contributed by atoms with Crippen LogP contribution < -0.4 is 24.6 Å². The summed E-state index contributed by atoms with van der Waals surface area (Å²) in [7, 11) is -1.59. The van der Waals surface area contributed by atoms with Crippen LogP contribution in [0.5, 0.6) is 0 Å². The van der Waals surface area contributed by atoms with Crippen molar-refractivity contribution in [2.45, 2.75) is 38.8 Å². The number of aryl methyl sites for hydroxylation is 2. The second kappa shape index (κ2) is 16.1. The molecule has 2 atom stereocenters. The van der Waals surface area contributed by atoms with Gasteiger partial charge in [0.05, 0.1) is 0 Å². The summed E-state index contributed by atoms with van der Waals surface area (Å²) in [4.78, 5) is 43.2. The van der Waals surface area contributed by atoms with E-state index in [1.54, 1.807) is 91.0 Å². The van der Waals surface area contributed by atoms with E-state index in [1.807, 2.05) is 24.6 Å². The van der Waals surface area contributed by atoms with Crippen molar-refractivity contribution >= 4 is 62.6 Å². The van der Waals surface area contributed by atoms with Crippen LogP contribution in [-0.4, -0.2) is 52.4 Å². The molecule has 252 valence electrons. The topological polar surface area (TPSA) is 128 Å². The largest absolute Gasteiger partial charge is 0.330 e. The van der Waals surface area contributed by atoms with E-state index in [4.69, 9.17) is 23.2 Å². The standard InChI is InChI=1S/C35H37Cl2N5O5S/c1-23-15-17-27(21-29(23)36)41(3)33(43)31(19-25-11-7-5-8-12-25)38-35(45)40-48(46,47)39-32(20-26-13-9-6-10-14-26)34(44)42(4)28-18-16-24(2)30(37)22-28/h5-18,21-22,31-32,39H,19-20H2,1-4H3,(H2,38,40,45)/t31-,32-/m0/s1. The van der Waals surface area contributed by atoms with E-state index in [0.29, 0.717) is 27.0 Å². The number of hydrogen-bond donors (Lipinski definition) is 3. The quantitative estimate of drug-likeness (QED) is 0.177. The minimum Gasteiger partial charge on any atom is -0.325 e. The van der Waals surface area contributed by atoms with Gasteiger partial charge in [-0.25, -0.2) is 9.52 Å². The zero-order valence-corrected chi connectivity index (χ0v) is 29.2. The Labute approximate surface area is 291 Å². The second-order valence-corrected chi connectivity index (χ2v) is 13.6. The predicted octanol–water partition coefficient (Wildman–Crippen LogP) is 5.59. The number of benzene rings is 4. The van der Waals surface area contributed by atoms with Crippen LogP contribution in [0.15, 0.2) is 97.1 Å². The number of hydrogen-bond acceptors (Lipinski definition) is 5. The first-order valence-electron chi connectivity index (χ1n) is 15.0. The van der Waals surface area contributed by atoms with Crippen molar-refractivity contribution in [3.8, 4) is 0 Å². The Hall–Kier alpha value is -4.42. The zero-order chi connectivity index (χ0) is 35.0. The number of nitrogens with zero attached hydrogens (tertiary/aromatic N) is 2. The minimum atomic E-state index is -4.63. The summed E-state index contributed by atoms with van der Waals surface area (Å²) in [6, 6.07) is 24.4. The minimum absolute atomic E-state index is 0.00877. The van der Waals surface area contributed by atoms with Gasteiger partial charge >= 0.3 is 16.2 Å². The van der Waals surface area contributed by atoms with Gasteiger partial charge in [0.15, 0.2) is 0 Å². The van der Waals surface area contributed by atoms with Gasteiger partial charge in [0, 0.05) is 41.9 Å². The van der Waals surface area contributed by atoms with Crippen molar-refractivity contribution in [2.75, 3.05) is 23.9 Å². The Morgan fingerprint density at radius 3 is 1.52 bits per heavy atom. The molecule has 4 amide bonds. The lowest BCUT2D eigenvalue weighted by atomic mass is 10.0. The van der Waals surface area contributed by atoms with Gasteiger partial charge in [-0.15, -0.1) is 0 Å². The molecule has 4 aromatic carbocycles. The summed E-state index contributed by atoms with van der Waals surface area (Å²) < 4.78 is 31.0. The number of nitrogens with one attached hydrogen (secondary N) is 3. The van der Waals surface area contributed by atoms with Crippen LogP contribution in [-0.2, 0) is 32.6 Å². The first-order valence-corrected chi connectivity index (χ1v) is 17.2. The molecule has 3 N–H and O–H groups in total. The van der Waals surface area contributed by atoms with Crippen molar-refractivity contribution in [3.05, 3.63) is 129 Å². The van der Waals surface area contributed by atoms with E-state index in [-0.39, 0.29) is 12.8 Å². The molecule has 0 radical (unpaired) electrons. The van der Waals surface area contributed by atoms with Crippen LogP contribution in [0.3, 0.4) is 0 Å². The molecule has 0 spiro atoms. The van der Waals surface area contributed by atoms with Gasteiger partial charge in [0.25, 0.3) is 0 Å². The average molecular weight is 711 g/mol. The maximum absolute atomic E-state index is 13.7. The van der Waals surface area contributed by atoms with Gasteiger partial charge in [-0.2, -0.15) is 13.1 Å². The van der Waals surface area contributed by atoms with E-state index in [1.165, 1.54) is 23.9 Å². The normalized spacial score (nSPS) is 12.5. The third-order valence-corrected chi connectivity index (χ3v) is 9.60. The maximum atomic E-state index is 13.7. The number of carbonyl (C=O) groups excluding carboxylic acids is 3. The Balaban J connectivity index is 1.54. The molecule has 0 fully saturated rings. The monoisotopic (exact) mass is 709 g/mol. The van der Waals surface area contributed by atoms with Crippen LogP contribution in [0.25, 0.3) is 0 Å². The Morgan fingerprint density at radius 1 is 0.667 bits per heavy atom. The molecule has 0 aliphatic carbocycles. The van der Waals surface area contributed by atoms with Gasteiger partial charge < -0.3 is 15.1 Å². The van der Waals surface area contributed by atoms with Crippen LogP contribution in [0.2, 0.25) is 10.0 Å². The first-order chi connectivity index (χ1) is 22.7. The predicted molar refractivity (Wildman–Crippen MR) is 191 cm³/mol. The highest BCUT2D eigenvalue weighted by Crippen LogP contribution is 2.24. The molecule has 0 aromatic heterocycles. The van der Waals surface area contributed by atoms with Crippen molar-refractivity contribution in [1.29, 1.82) is 0 Å². The molecule has 13 heteroatoms. The van der Waals surface area contributed by atoms with E-state index < -0.39 is 40.1 Å². The average Bonchev–Trinajstić information content (AvgIpc) is 3.05. The highest BCUT2D eigenvalue weighted by molar-refractivity contribution is 7.88. The van der Waals surface area contributed by atoms with E-state index >= 15 is 0 Å². The Morgan fingerprint density at radius 2 is 1.08 bits per heavy atom. The van der Waals surface area contributed by atoms with Crippen LogP contribution in [0.4, 0.5) is 16.2 Å². The number of amides is 4. The zero-order valence-electron chi connectivity index (χ0n) is 26.9. The summed E-state index contributed by atoms with van der Waals surface area (Å²) in [5, 5.41) is 3.42. The molecule has 0 saturated carbocycles. The molecule has 0 unspecified atom stereocenters. The summed E-state index contributed by atoms with van der Waals surface area (Å²) in [5.74, 6) is -1.09. The van der Waals surface area contributed by atoms with Gasteiger partial charge in [0.2, 0.25) is 11.8 Å². The molecule has 0 aliphatic heterocycles. The lowest BCUT2D eigenvalue weighted by Gasteiger charge is -2.26. The first kappa shape index (κ1) is 36.4. The molecule has 48 heavy (non-hydrogen) atoms. The Bertz CT molecular complexity index is 1880. The smallest absolute Gasteiger partial charge is 0.325 e. The third kappa shape index (κ3) is 9.80. The fraction of sp³-hybridized carbons (Fsp3) is 0.229. The van der Waals surface area contributed by atoms with Gasteiger partial charge in [0.1, 0.15) is 12.1 Å². The SMILES string of the molecule is Cc1ccc(N(C)C(=O)[C@H](Cc2ccccc2)NC(=O)NS(=O)(=O)N[C@@H](Cc2ccccc2)C(=O)N(C)c2ccc(C)c(Cl)c2)cc1Cl. The summed E-state index contributed by atoms with van der Waals surface area (Å²) in [6.07, 6.45) is 0.0642. The van der Waals surface area contributed by atoms with Crippen LogP contribution in [0, 0.1) is 13.8 Å². The number of urea groups is 1. The number of rotatable bonds is 12. The second-order valence-electron chi connectivity index (χ2n) is 11.3. The molecule has 10 nitrogen and oxygen atoms in total. The molecule has 0 saturated heterocycles. The molecular formula is C35H37Cl2N5O5S. The lowest BCUT2D eigenvalue weighted by molar-refractivity contribution is -0.120. The molecule has 0 heterocycles. The molecule has 4 aromatic rings. The van der Waals surface area contributed by atoms with E-state index in [0.717, 1.165) is 16.7 Å². The summed E-state index contributed by atoms with van der Waals surface area (Å²) in [6.45, 7) is 3.66. The maximum Gasteiger partial charge on any atom is 0.330 e. The van der Waals surface area contributed by atoms with E-state index in [2.05, 4.69) is 10.0 Å². The fourth-order valence-electron chi connectivity index (χ4n) is 4.91. The summed E-state index contributed by atoms with van der Waals surface area (Å²) in [5.41, 5.74) is 4.02. The number of carbonyl (C=O) groups is 3. The van der Waals surface area contributed by atoms with Crippen molar-refractivity contribution in [1.82, 2.24) is 14.8 Å². The van der Waals surface area contributed by atoms with Crippen molar-refractivity contribution in [3.63, 3.8) is 0 Å². The van der Waals surface area contributed by atoms with Crippen LogP contribution >= 0.6 is 23.2 Å². The highest BCUT2D eigenvalue weighted by atomic mass is 35.5. The molecule has 0 aliphatic rings. The lowest BCUT2D eigenvalue weighted by Crippen LogP contribution is -2.57. The van der Waals surface area contributed by atoms with Crippen molar-refractivity contribution < 1.29 is 22.8 Å². The van der Waals surface area contributed by atoms with E-state index in [9.17, 15) is 22.8 Å². The summed E-state index contributed by atoms with van der Waals surface area (Å²) >= 11 is 12.6. The van der Waals surface area contributed by atoms with Gasteiger partial charge in [-0.3, -0.25) is 9.59 Å². The fourth-order valence-corrected chi connectivity index (χ4v) is 6.18. The number of anilines is 2. The van der Waals surface area contributed by atoms with Gasteiger partial charge in [-0.1, -0.05) is 96.0 Å². The Kier molecular flexibility index (Phi) is 12.2. The molecule has 4 rings (SSSR count). The molecular weight excluding hydrogens is 673 g/mol. The van der Waals surface area contributed by atoms with Crippen molar-refractivity contribution in [2.24, 2.45) is 0 Å². The third-order valence-electron chi connectivity index (χ3n) is 7.74. The van der Waals surface area contributed by atoms with Gasteiger partial charge in [-0.05, 0) is 66.8 Å². The van der Waals surface area contributed by atoms with Crippen LogP contribution in [0.1, 0.15) is 22.3 Å². The highest BCUT2D eigenvalue weighted by Gasteiger charge is 2.31.